The monoisotopic (exact) mass is 489 g/mol. The van der Waals surface area contributed by atoms with Crippen LogP contribution in [0.4, 0.5) is 5.69 Å². The van der Waals surface area contributed by atoms with Crippen molar-refractivity contribution in [2.75, 3.05) is 18.4 Å². The number of carboxylic acid groups (broad SMARTS) is 1. The summed E-state index contributed by atoms with van der Waals surface area (Å²) in [6, 6.07) is 23.1. The first-order chi connectivity index (χ1) is 16.8. The lowest BCUT2D eigenvalue weighted by atomic mass is 9.84. The first-order valence-electron chi connectivity index (χ1n) is 11.5. The molecule has 1 aliphatic rings. The van der Waals surface area contributed by atoms with Crippen LogP contribution >= 0.6 is 11.6 Å². The second kappa shape index (κ2) is 10.4. The van der Waals surface area contributed by atoms with Gasteiger partial charge in [-0.25, -0.2) is 0 Å². The fourth-order valence-electron chi connectivity index (χ4n) is 4.26. The van der Waals surface area contributed by atoms with Crippen molar-refractivity contribution in [2.45, 2.75) is 37.8 Å². The number of ether oxygens (including phenoxy) is 1. The molecule has 4 rings (SSSR count). The first-order valence-corrected chi connectivity index (χ1v) is 11.9. The van der Waals surface area contributed by atoms with Crippen molar-refractivity contribution in [3.63, 3.8) is 0 Å². The van der Waals surface area contributed by atoms with Gasteiger partial charge in [-0.3, -0.25) is 4.79 Å². The molecule has 7 heteroatoms. The number of benzene rings is 3. The predicted molar refractivity (Wildman–Crippen MR) is 137 cm³/mol. The van der Waals surface area contributed by atoms with Gasteiger partial charge in [0.05, 0.1) is 29.3 Å². The predicted octanol–water partition coefficient (Wildman–Crippen LogP) is 5.32. The molecule has 0 spiro atoms. The molecule has 0 radical (unpaired) electrons. The first kappa shape index (κ1) is 24.6. The Bertz CT molecular complexity index is 1250. The van der Waals surface area contributed by atoms with Crippen LogP contribution in [-0.4, -0.2) is 30.3 Å². The fourth-order valence-corrected chi connectivity index (χ4v) is 4.51. The maximum absolute atomic E-state index is 11.7. The Kier molecular flexibility index (Phi) is 7.30. The molecule has 0 saturated carbocycles. The van der Waals surface area contributed by atoms with E-state index < -0.39 is 11.4 Å². The molecule has 0 bridgehead atoms. The van der Waals surface area contributed by atoms with E-state index in [2.05, 4.69) is 28.8 Å². The van der Waals surface area contributed by atoms with Crippen molar-refractivity contribution in [1.29, 1.82) is 5.26 Å². The number of aliphatic carboxylic acids is 1. The zero-order valence-corrected chi connectivity index (χ0v) is 20.5. The van der Waals surface area contributed by atoms with Crippen molar-refractivity contribution in [1.82, 2.24) is 5.32 Å². The molecular formula is C28H28ClN3O3. The second-order valence-corrected chi connectivity index (χ2v) is 9.64. The largest absolute Gasteiger partial charge is 0.483 e. The summed E-state index contributed by atoms with van der Waals surface area (Å²) < 4.78 is 6.35. The van der Waals surface area contributed by atoms with E-state index in [9.17, 15) is 15.2 Å². The molecule has 35 heavy (non-hydrogen) atoms. The number of hydrogen-bond donors (Lipinski definition) is 3. The van der Waals surface area contributed by atoms with Crippen LogP contribution in [0.1, 0.15) is 42.1 Å². The van der Waals surface area contributed by atoms with Crippen LogP contribution in [0.15, 0.2) is 66.7 Å². The third-order valence-electron chi connectivity index (χ3n) is 6.42. The maximum Gasteiger partial charge on any atom is 0.313 e. The van der Waals surface area contributed by atoms with Crippen LogP contribution in [0.3, 0.4) is 0 Å². The van der Waals surface area contributed by atoms with Crippen molar-refractivity contribution < 1.29 is 14.6 Å². The molecule has 0 aromatic heterocycles. The maximum atomic E-state index is 11.7. The summed E-state index contributed by atoms with van der Waals surface area (Å²) in [6.07, 6.45) is 0.424. The zero-order valence-electron chi connectivity index (χ0n) is 19.7. The summed E-state index contributed by atoms with van der Waals surface area (Å²) in [5.41, 5.74) is 3.00. The number of anilines is 1. The number of para-hydroxylation sites is 1. The van der Waals surface area contributed by atoms with Crippen molar-refractivity contribution in [2.24, 2.45) is 0 Å². The zero-order chi connectivity index (χ0) is 25.0. The van der Waals surface area contributed by atoms with Gasteiger partial charge in [0.25, 0.3) is 0 Å². The normalized spacial score (nSPS) is 15.8. The Morgan fingerprint density at radius 3 is 2.71 bits per heavy atom. The van der Waals surface area contributed by atoms with Crippen LogP contribution in [-0.2, 0) is 16.6 Å². The number of carbonyl (C=O) groups is 1. The van der Waals surface area contributed by atoms with Gasteiger partial charge >= 0.3 is 5.97 Å². The van der Waals surface area contributed by atoms with E-state index >= 15 is 0 Å². The Balaban J connectivity index is 1.53. The van der Waals surface area contributed by atoms with Crippen molar-refractivity contribution in [3.8, 4) is 11.8 Å². The molecule has 0 unspecified atom stereocenters. The third kappa shape index (κ3) is 5.43. The molecule has 0 fully saturated rings. The highest BCUT2D eigenvalue weighted by Crippen LogP contribution is 2.35. The van der Waals surface area contributed by atoms with Gasteiger partial charge in [-0.2, -0.15) is 5.26 Å². The van der Waals surface area contributed by atoms with E-state index in [0.717, 1.165) is 16.8 Å². The minimum Gasteiger partial charge on any atom is -0.483 e. The lowest BCUT2D eigenvalue weighted by Gasteiger charge is -2.34. The van der Waals surface area contributed by atoms with Gasteiger partial charge < -0.3 is 20.5 Å². The highest BCUT2D eigenvalue weighted by Gasteiger charge is 2.31. The molecule has 2 atom stereocenters. The van der Waals surface area contributed by atoms with Gasteiger partial charge in [-0.1, -0.05) is 54.1 Å². The molecule has 3 aromatic rings. The SMILES string of the molecule is CC(C)(C(=O)O)c1cc(Cl)cc(CCN[C@H](c2ccccc2)[C@H]2CNc3cccc(C#N)c3O2)c1. The van der Waals surface area contributed by atoms with Gasteiger partial charge in [0.15, 0.2) is 5.75 Å². The van der Waals surface area contributed by atoms with Gasteiger partial charge in [0, 0.05) is 5.02 Å². The average molecular weight is 490 g/mol. The van der Waals surface area contributed by atoms with Crippen LogP contribution in [0.25, 0.3) is 0 Å². The molecule has 1 heterocycles. The highest BCUT2D eigenvalue weighted by molar-refractivity contribution is 6.30. The third-order valence-corrected chi connectivity index (χ3v) is 6.64. The molecule has 180 valence electrons. The van der Waals surface area contributed by atoms with E-state index in [0.29, 0.717) is 41.4 Å². The van der Waals surface area contributed by atoms with E-state index in [1.54, 1.807) is 26.0 Å². The summed E-state index contributed by atoms with van der Waals surface area (Å²) in [6.45, 7) is 4.56. The molecular weight excluding hydrogens is 462 g/mol. The van der Waals surface area contributed by atoms with E-state index in [1.165, 1.54) is 0 Å². The standard InChI is InChI=1S/C28H28ClN3O3/c1-28(2,27(33)34)21-13-18(14-22(29)15-21)11-12-31-25(19-7-4-3-5-8-19)24-17-32-23-10-6-9-20(16-30)26(23)35-24/h3-10,13-15,24-25,31-32H,11-12,17H2,1-2H3,(H,33,34)/t24-,25-/m1/s1. The molecule has 1 aliphatic heterocycles. The van der Waals surface area contributed by atoms with E-state index in [1.807, 2.05) is 42.5 Å². The molecule has 0 saturated heterocycles. The Morgan fingerprint density at radius 2 is 2.00 bits per heavy atom. The molecule has 0 amide bonds. The van der Waals surface area contributed by atoms with Gasteiger partial charge in [-0.05, 0) is 67.8 Å². The number of nitrogens with one attached hydrogen (secondary N) is 2. The topological polar surface area (TPSA) is 94.4 Å². The second-order valence-electron chi connectivity index (χ2n) is 9.20. The van der Waals surface area contributed by atoms with Crippen LogP contribution in [0.2, 0.25) is 5.02 Å². The summed E-state index contributed by atoms with van der Waals surface area (Å²) in [7, 11) is 0. The molecule has 6 nitrogen and oxygen atoms in total. The lowest BCUT2D eigenvalue weighted by Crippen LogP contribution is -2.43. The van der Waals surface area contributed by atoms with Crippen LogP contribution in [0, 0.1) is 11.3 Å². The summed E-state index contributed by atoms with van der Waals surface area (Å²) >= 11 is 6.33. The summed E-state index contributed by atoms with van der Waals surface area (Å²) in [5, 5.41) is 26.7. The Labute approximate surface area is 210 Å². The Hall–Kier alpha value is -3.53. The number of nitrogens with zero attached hydrogens (tertiary/aromatic N) is 1. The number of fused-ring (bicyclic) bond motifs is 1. The minimum absolute atomic E-state index is 0.127. The van der Waals surface area contributed by atoms with Gasteiger partial charge in [-0.15, -0.1) is 0 Å². The number of rotatable bonds is 8. The molecule has 3 N–H and O–H groups in total. The van der Waals surface area contributed by atoms with Crippen molar-refractivity contribution in [3.05, 3.63) is 94.0 Å². The quantitative estimate of drug-likeness (QED) is 0.396. The smallest absolute Gasteiger partial charge is 0.313 e. The lowest BCUT2D eigenvalue weighted by molar-refractivity contribution is -0.142. The van der Waals surface area contributed by atoms with Gasteiger partial charge in [0.2, 0.25) is 0 Å². The molecule has 3 aromatic carbocycles. The van der Waals surface area contributed by atoms with Gasteiger partial charge in [0.1, 0.15) is 12.2 Å². The Morgan fingerprint density at radius 1 is 1.23 bits per heavy atom. The van der Waals surface area contributed by atoms with Crippen LogP contribution < -0.4 is 15.4 Å². The number of hydrogen-bond acceptors (Lipinski definition) is 5. The number of halogens is 1. The number of carboxylic acids is 1. The fraction of sp³-hybridized carbons (Fsp3) is 0.286. The summed E-state index contributed by atoms with van der Waals surface area (Å²) in [4.78, 5) is 11.7. The van der Waals surface area contributed by atoms with Crippen LogP contribution in [0.5, 0.6) is 5.75 Å². The molecule has 0 aliphatic carbocycles. The summed E-state index contributed by atoms with van der Waals surface area (Å²) in [5.74, 6) is -0.323. The van der Waals surface area contributed by atoms with Crippen molar-refractivity contribution >= 4 is 23.3 Å². The minimum atomic E-state index is -1.03. The van der Waals surface area contributed by atoms with E-state index in [4.69, 9.17) is 16.3 Å². The number of nitriles is 1. The average Bonchev–Trinajstić information content (AvgIpc) is 2.86. The highest BCUT2D eigenvalue weighted by atomic mass is 35.5. The van der Waals surface area contributed by atoms with E-state index in [-0.39, 0.29) is 12.1 Å².